The molecular weight excluding hydrogens is 280 g/mol. The van der Waals surface area contributed by atoms with E-state index in [-0.39, 0.29) is 23.9 Å². The molecule has 112 valence electrons. The van der Waals surface area contributed by atoms with Gasteiger partial charge in [0.2, 0.25) is 15.9 Å². The molecule has 0 radical (unpaired) electrons. The highest BCUT2D eigenvalue weighted by molar-refractivity contribution is 7.89. The highest BCUT2D eigenvalue weighted by Gasteiger charge is 2.25. The smallest absolute Gasteiger partial charge is 0.243 e. The number of benzene rings is 1. The minimum atomic E-state index is -3.75. The molecule has 1 amide bonds. The van der Waals surface area contributed by atoms with Gasteiger partial charge < -0.3 is 10.4 Å². The molecule has 0 aromatic heterocycles. The van der Waals surface area contributed by atoms with Crippen LogP contribution in [-0.4, -0.2) is 43.9 Å². The number of likely N-dealkylation sites (N-methyl/N-ethyl adjacent to an activating group) is 2. The zero-order valence-electron chi connectivity index (χ0n) is 11.8. The third-order valence-electron chi connectivity index (χ3n) is 2.93. The van der Waals surface area contributed by atoms with Crippen LogP contribution in [0.25, 0.3) is 0 Å². The van der Waals surface area contributed by atoms with Crippen molar-refractivity contribution < 1.29 is 18.3 Å². The largest absolute Gasteiger partial charge is 0.389 e. The average molecular weight is 300 g/mol. The summed E-state index contributed by atoms with van der Waals surface area (Å²) in [7, 11) is -2.30. The molecule has 0 bridgehead atoms. The number of nitrogens with one attached hydrogen (secondary N) is 1. The van der Waals surface area contributed by atoms with E-state index in [4.69, 9.17) is 0 Å². The number of carbonyl (C=O) groups excluding carboxylic acids is 1. The molecule has 1 rings (SSSR count). The first kappa shape index (κ1) is 16.6. The maximum absolute atomic E-state index is 12.5. The van der Waals surface area contributed by atoms with Crippen molar-refractivity contribution >= 4 is 15.9 Å². The minimum absolute atomic E-state index is 0.0710. The monoisotopic (exact) mass is 300 g/mol. The zero-order chi connectivity index (χ0) is 15.3. The van der Waals surface area contributed by atoms with Crippen LogP contribution >= 0.6 is 0 Å². The normalized spacial score (nSPS) is 13.2. The van der Waals surface area contributed by atoms with E-state index >= 15 is 0 Å². The van der Waals surface area contributed by atoms with Gasteiger partial charge in [0.15, 0.2) is 0 Å². The molecular formula is C13H20N2O4S. The van der Waals surface area contributed by atoms with E-state index < -0.39 is 16.1 Å². The van der Waals surface area contributed by atoms with Gasteiger partial charge in [-0.25, -0.2) is 8.42 Å². The van der Waals surface area contributed by atoms with Gasteiger partial charge in [-0.05, 0) is 24.6 Å². The lowest BCUT2D eigenvalue weighted by Gasteiger charge is -2.20. The Labute approximate surface area is 119 Å². The molecule has 1 aromatic rings. The average Bonchev–Trinajstić information content (AvgIpc) is 2.44. The van der Waals surface area contributed by atoms with Crippen LogP contribution in [-0.2, 0) is 14.8 Å². The maximum atomic E-state index is 12.5. The molecule has 0 saturated heterocycles. The second kappa shape index (κ2) is 6.83. The van der Waals surface area contributed by atoms with Crippen molar-refractivity contribution in [3.05, 3.63) is 29.8 Å². The van der Waals surface area contributed by atoms with Crippen LogP contribution in [0.3, 0.4) is 0 Å². The van der Waals surface area contributed by atoms with Gasteiger partial charge >= 0.3 is 0 Å². The van der Waals surface area contributed by atoms with Crippen molar-refractivity contribution in [2.75, 3.05) is 20.1 Å². The van der Waals surface area contributed by atoms with Crippen molar-refractivity contribution in [2.45, 2.75) is 24.8 Å². The number of aliphatic hydroxyl groups excluding tert-OH is 1. The molecule has 7 heteroatoms. The Bertz CT molecular complexity index is 569. The maximum Gasteiger partial charge on any atom is 0.243 e. The lowest BCUT2D eigenvalue weighted by atomic mass is 10.1. The third kappa shape index (κ3) is 3.78. The number of nitrogens with zero attached hydrogens (tertiary/aromatic N) is 1. The number of hydrogen-bond acceptors (Lipinski definition) is 4. The Hall–Kier alpha value is -1.44. The van der Waals surface area contributed by atoms with Crippen molar-refractivity contribution in [2.24, 2.45) is 0 Å². The topological polar surface area (TPSA) is 86.7 Å². The molecule has 0 aliphatic heterocycles. The number of amides is 1. The molecule has 1 aromatic carbocycles. The van der Waals surface area contributed by atoms with Crippen LogP contribution in [0.2, 0.25) is 0 Å². The van der Waals surface area contributed by atoms with Crippen molar-refractivity contribution in [1.82, 2.24) is 9.62 Å². The summed E-state index contributed by atoms with van der Waals surface area (Å²) in [5.41, 5.74) is 0.516. The molecule has 2 N–H and O–H groups in total. The first-order valence-electron chi connectivity index (χ1n) is 6.31. The highest BCUT2D eigenvalue weighted by atomic mass is 32.2. The number of carbonyl (C=O) groups is 1. The van der Waals surface area contributed by atoms with Gasteiger partial charge in [-0.3, -0.25) is 4.79 Å². The van der Waals surface area contributed by atoms with E-state index in [0.29, 0.717) is 5.56 Å². The van der Waals surface area contributed by atoms with E-state index in [1.807, 2.05) is 0 Å². The summed E-state index contributed by atoms with van der Waals surface area (Å²) in [6.45, 7) is 3.19. The van der Waals surface area contributed by atoms with Gasteiger partial charge in [0.1, 0.15) is 0 Å². The Morgan fingerprint density at radius 1 is 1.45 bits per heavy atom. The number of hydrogen-bond donors (Lipinski definition) is 2. The number of rotatable bonds is 6. The minimum Gasteiger partial charge on any atom is -0.389 e. The zero-order valence-corrected chi connectivity index (χ0v) is 12.6. The molecule has 20 heavy (non-hydrogen) atoms. The van der Waals surface area contributed by atoms with Crippen molar-refractivity contribution in [1.29, 1.82) is 0 Å². The van der Waals surface area contributed by atoms with Crippen molar-refractivity contribution in [3.8, 4) is 0 Å². The Morgan fingerprint density at radius 3 is 2.60 bits per heavy atom. The second-order valence-corrected chi connectivity index (χ2v) is 6.29. The summed E-state index contributed by atoms with van der Waals surface area (Å²) in [6.07, 6.45) is -0.751. The van der Waals surface area contributed by atoms with Gasteiger partial charge in [0.05, 0.1) is 17.5 Å². The van der Waals surface area contributed by atoms with E-state index in [1.165, 1.54) is 19.2 Å². The summed E-state index contributed by atoms with van der Waals surface area (Å²) < 4.78 is 26.0. The first-order chi connectivity index (χ1) is 9.32. The van der Waals surface area contributed by atoms with Gasteiger partial charge in [-0.15, -0.1) is 0 Å². The van der Waals surface area contributed by atoms with E-state index in [9.17, 15) is 18.3 Å². The van der Waals surface area contributed by atoms with Crippen LogP contribution in [0.1, 0.15) is 25.5 Å². The van der Waals surface area contributed by atoms with Crippen molar-refractivity contribution in [3.63, 3.8) is 0 Å². The molecule has 0 spiro atoms. The Morgan fingerprint density at radius 2 is 2.10 bits per heavy atom. The summed E-state index contributed by atoms with van der Waals surface area (Å²) >= 11 is 0. The summed E-state index contributed by atoms with van der Waals surface area (Å²) in [4.78, 5) is 11.4. The van der Waals surface area contributed by atoms with Gasteiger partial charge in [0.25, 0.3) is 0 Å². The lowest BCUT2D eigenvalue weighted by Crippen LogP contribution is -2.39. The van der Waals surface area contributed by atoms with Gasteiger partial charge in [-0.2, -0.15) is 4.31 Å². The molecule has 1 atom stereocenters. The Balaban J connectivity index is 3.13. The molecule has 0 fully saturated rings. The third-order valence-corrected chi connectivity index (χ3v) is 4.85. The predicted octanol–water partition coefficient (Wildman–Crippen LogP) is 0.496. The van der Waals surface area contributed by atoms with Crippen LogP contribution in [0.15, 0.2) is 29.2 Å². The van der Waals surface area contributed by atoms with Gasteiger partial charge in [0, 0.05) is 13.6 Å². The second-order valence-electron chi connectivity index (χ2n) is 4.35. The SMILES string of the molecule is CCN(CC(=O)NC)S(=O)(=O)c1cccc(C(C)O)c1. The summed E-state index contributed by atoms with van der Waals surface area (Å²) in [5, 5.41) is 11.9. The van der Waals surface area contributed by atoms with E-state index in [1.54, 1.807) is 26.0 Å². The van der Waals surface area contributed by atoms with E-state index in [0.717, 1.165) is 4.31 Å². The molecule has 0 aliphatic carbocycles. The highest BCUT2D eigenvalue weighted by Crippen LogP contribution is 2.20. The molecule has 0 aliphatic rings. The first-order valence-corrected chi connectivity index (χ1v) is 7.75. The van der Waals surface area contributed by atoms with Crippen LogP contribution < -0.4 is 5.32 Å². The quantitative estimate of drug-likeness (QED) is 0.801. The fourth-order valence-electron chi connectivity index (χ4n) is 1.69. The lowest BCUT2D eigenvalue weighted by molar-refractivity contribution is -0.120. The molecule has 1 unspecified atom stereocenters. The number of sulfonamides is 1. The fraction of sp³-hybridized carbons (Fsp3) is 0.462. The van der Waals surface area contributed by atoms with E-state index in [2.05, 4.69) is 5.32 Å². The standard InChI is InChI=1S/C13H20N2O4S/c1-4-15(9-13(17)14-3)20(18,19)12-7-5-6-11(8-12)10(2)16/h5-8,10,16H,4,9H2,1-3H3,(H,14,17). The number of aliphatic hydroxyl groups is 1. The molecule has 0 heterocycles. The fourth-order valence-corrected chi connectivity index (χ4v) is 3.15. The molecule has 0 saturated carbocycles. The van der Waals surface area contributed by atoms with Crippen LogP contribution in [0, 0.1) is 0 Å². The predicted molar refractivity (Wildman–Crippen MR) is 75.6 cm³/mol. The van der Waals surface area contributed by atoms with Crippen LogP contribution in [0.4, 0.5) is 0 Å². The van der Waals surface area contributed by atoms with Gasteiger partial charge in [-0.1, -0.05) is 19.1 Å². The summed E-state index contributed by atoms with van der Waals surface area (Å²) in [6, 6.07) is 6.10. The Kier molecular flexibility index (Phi) is 5.67. The molecule has 6 nitrogen and oxygen atoms in total. The summed E-state index contributed by atoms with van der Waals surface area (Å²) in [5.74, 6) is -0.373. The van der Waals surface area contributed by atoms with Crippen LogP contribution in [0.5, 0.6) is 0 Å².